The van der Waals surface area contributed by atoms with Gasteiger partial charge in [-0.1, -0.05) is 33.1 Å². The lowest BCUT2D eigenvalue weighted by Gasteiger charge is -2.38. The van der Waals surface area contributed by atoms with Gasteiger partial charge in [0.05, 0.1) is 0 Å². The van der Waals surface area contributed by atoms with Crippen LogP contribution in [0.15, 0.2) is 0 Å². The van der Waals surface area contributed by atoms with Crippen LogP contribution in [0.3, 0.4) is 0 Å². The Kier molecular flexibility index (Phi) is 4.96. The average Bonchev–Trinajstić information content (AvgIpc) is 2.35. The van der Waals surface area contributed by atoms with Crippen molar-refractivity contribution in [2.24, 2.45) is 11.8 Å². The van der Waals surface area contributed by atoms with Gasteiger partial charge < -0.3 is 0 Å². The van der Waals surface area contributed by atoms with Crippen molar-refractivity contribution >= 4 is 17.5 Å². The molecular formula is C15H26OS. The summed E-state index contributed by atoms with van der Waals surface area (Å²) in [5.74, 6) is 1.62. The fraction of sp³-hybridized carbons (Fsp3) is 0.933. The Morgan fingerprint density at radius 2 is 1.76 bits per heavy atom. The van der Waals surface area contributed by atoms with Crippen LogP contribution in [0.25, 0.3) is 0 Å². The van der Waals surface area contributed by atoms with E-state index in [9.17, 15) is 4.79 Å². The fourth-order valence-electron chi connectivity index (χ4n) is 3.35. The first-order valence-corrected chi connectivity index (χ1v) is 8.35. The zero-order valence-corrected chi connectivity index (χ0v) is 12.1. The highest BCUT2D eigenvalue weighted by Crippen LogP contribution is 2.44. The maximum Gasteiger partial charge on any atom is 0.136 e. The number of carbonyl (C=O) groups excluding carboxylic acids is 1. The van der Waals surface area contributed by atoms with Gasteiger partial charge in [-0.15, -0.1) is 0 Å². The highest BCUT2D eigenvalue weighted by atomic mass is 32.2. The zero-order valence-electron chi connectivity index (χ0n) is 11.3. The summed E-state index contributed by atoms with van der Waals surface area (Å²) in [4.78, 5) is 12.3. The van der Waals surface area contributed by atoms with Gasteiger partial charge >= 0.3 is 0 Å². The smallest absolute Gasteiger partial charge is 0.136 e. The monoisotopic (exact) mass is 254 g/mol. The molecule has 0 aromatic heterocycles. The third-order valence-electron chi connectivity index (χ3n) is 4.63. The summed E-state index contributed by atoms with van der Waals surface area (Å²) in [5, 5.41) is 1.61. The van der Waals surface area contributed by atoms with E-state index in [1.54, 1.807) is 0 Å². The van der Waals surface area contributed by atoms with Gasteiger partial charge in [0, 0.05) is 22.8 Å². The lowest BCUT2D eigenvalue weighted by atomic mass is 9.83. The van der Waals surface area contributed by atoms with E-state index in [1.165, 1.54) is 32.1 Å². The highest BCUT2D eigenvalue weighted by Gasteiger charge is 2.35. The third kappa shape index (κ3) is 3.49. The summed E-state index contributed by atoms with van der Waals surface area (Å²) < 4.78 is 0. The SMILES string of the molecule is CCC(CC)CC(=O)C1CC2CCCC(C1)S2. The van der Waals surface area contributed by atoms with Gasteiger partial charge in [0.25, 0.3) is 0 Å². The van der Waals surface area contributed by atoms with E-state index >= 15 is 0 Å². The molecule has 2 atom stereocenters. The first-order valence-electron chi connectivity index (χ1n) is 7.41. The molecule has 0 spiro atoms. The van der Waals surface area contributed by atoms with Gasteiger partial charge in [-0.3, -0.25) is 4.79 Å². The van der Waals surface area contributed by atoms with E-state index in [-0.39, 0.29) is 0 Å². The molecule has 2 rings (SSSR count). The van der Waals surface area contributed by atoms with E-state index in [0.717, 1.165) is 29.8 Å². The van der Waals surface area contributed by atoms with Crippen LogP contribution in [0.4, 0.5) is 0 Å². The number of thioether (sulfide) groups is 1. The maximum absolute atomic E-state index is 12.3. The number of fused-ring (bicyclic) bond motifs is 2. The first-order chi connectivity index (χ1) is 8.22. The molecule has 2 fully saturated rings. The van der Waals surface area contributed by atoms with Gasteiger partial charge in [-0.2, -0.15) is 11.8 Å². The second kappa shape index (κ2) is 6.26. The second-order valence-corrected chi connectivity index (χ2v) is 7.44. The molecule has 0 amide bonds. The molecule has 0 aromatic carbocycles. The fourth-order valence-corrected chi connectivity index (χ4v) is 5.19. The van der Waals surface area contributed by atoms with Crippen LogP contribution in [0.2, 0.25) is 0 Å². The molecule has 0 saturated carbocycles. The molecule has 2 heterocycles. The molecule has 0 aliphatic carbocycles. The van der Waals surface area contributed by atoms with Crippen LogP contribution in [-0.2, 0) is 4.79 Å². The zero-order chi connectivity index (χ0) is 12.3. The Balaban J connectivity index is 1.87. The number of rotatable bonds is 5. The van der Waals surface area contributed by atoms with Crippen molar-refractivity contribution in [1.29, 1.82) is 0 Å². The number of hydrogen-bond donors (Lipinski definition) is 0. The van der Waals surface area contributed by atoms with E-state index in [0.29, 0.717) is 17.6 Å². The summed E-state index contributed by atoms with van der Waals surface area (Å²) >= 11 is 2.17. The van der Waals surface area contributed by atoms with Crippen LogP contribution in [-0.4, -0.2) is 16.3 Å². The Bertz CT molecular complexity index is 248. The van der Waals surface area contributed by atoms with E-state index in [1.807, 2.05) is 0 Å². The van der Waals surface area contributed by atoms with Gasteiger partial charge in [0.2, 0.25) is 0 Å². The molecule has 2 bridgehead atoms. The minimum absolute atomic E-state index is 0.409. The van der Waals surface area contributed by atoms with Gasteiger partial charge in [0.15, 0.2) is 0 Å². The second-order valence-electron chi connectivity index (χ2n) is 5.83. The van der Waals surface area contributed by atoms with Gasteiger partial charge in [0.1, 0.15) is 5.78 Å². The van der Waals surface area contributed by atoms with Crippen LogP contribution in [0.1, 0.15) is 65.2 Å². The molecule has 0 radical (unpaired) electrons. The van der Waals surface area contributed by atoms with Crippen molar-refractivity contribution in [1.82, 2.24) is 0 Å². The third-order valence-corrected chi connectivity index (χ3v) is 6.26. The lowest BCUT2D eigenvalue weighted by Crippen LogP contribution is -2.33. The maximum atomic E-state index is 12.3. The molecule has 2 aliphatic heterocycles. The molecule has 2 heteroatoms. The minimum Gasteiger partial charge on any atom is -0.299 e. The molecule has 17 heavy (non-hydrogen) atoms. The Morgan fingerprint density at radius 3 is 2.29 bits per heavy atom. The molecule has 98 valence electrons. The van der Waals surface area contributed by atoms with E-state index < -0.39 is 0 Å². The standard InChI is InChI=1S/C15H26OS/c1-3-11(4-2)8-15(16)12-9-13-6-5-7-14(10-12)17-13/h11-14H,3-10H2,1-2H3. The predicted molar refractivity (Wildman–Crippen MR) is 75.4 cm³/mol. The predicted octanol–water partition coefficient (Wildman–Crippen LogP) is 4.45. The van der Waals surface area contributed by atoms with Crippen LogP contribution in [0, 0.1) is 11.8 Å². The van der Waals surface area contributed by atoms with Crippen molar-refractivity contribution in [3.63, 3.8) is 0 Å². The minimum atomic E-state index is 0.409. The number of ketones is 1. The Hall–Kier alpha value is 0.0200. The molecule has 1 nitrogen and oxygen atoms in total. The van der Waals surface area contributed by atoms with E-state index in [2.05, 4.69) is 25.6 Å². The quantitative estimate of drug-likeness (QED) is 0.721. The highest BCUT2D eigenvalue weighted by molar-refractivity contribution is 8.00. The van der Waals surface area contributed by atoms with Crippen molar-refractivity contribution in [2.45, 2.75) is 75.7 Å². The first kappa shape index (κ1) is 13.5. The molecule has 2 aliphatic rings. The number of Topliss-reactive ketones (excluding diaryl/α,β-unsaturated/α-hetero) is 1. The van der Waals surface area contributed by atoms with E-state index in [4.69, 9.17) is 0 Å². The molecule has 2 saturated heterocycles. The van der Waals surface area contributed by atoms with Gasteiger partial charge in [-0.25, -0.2) is 0 Å². The normalized spacial score (nSPS) is 32.8. The summed E-state index contributed by atoms with van der Waals surface area (Å²) in [6.45, 7) is 4.43. The van der Waals surface area contributed by atoms with Crippen molar-refractivity contribution < 1.29 is 4.79 Å². The Morgan fingerprint density at radius 1 is 1.18 bits per heavy atom. The van der Waals surface area contributed by atoms with Crippen LogP contribution in [0.5, 0.6) is 0 Å². The van der Waals surface area contributed by atoms with Crippen LogP contribution >= 0.6 is 11.8 Å². The summed E-state index contributed by atoms with van der Waals surface area (Å²) in [7, 11) is 0. The molecular weight excluding hydrogens is 228 g/mol. The van der Waals surface area contributed by atoms with Gasteiger partial charge in [-0.05, 0) is 31.6 Å². The lowest BCUT2D eigenvalue weighted by molar-refractivity contribution is -0.124. The average molecular weight is 254 g/mol. The summed E-state index contributed by atoms with van der Waals surface area (Å²) in [6.07, 6.45) is 9.65. The summed E-state index contributed by atoms with van der Waals surface area (Å²) in [5.41, 5.74) is 0. The molecule has 0 aromatic rings. The molecule has 2 unspecified atom stereocenters. The largest absolute Gasteiger partial charge is 0.299 e. The summed E-state index contributed by atoms with van der Waals surface area (Å²) in [6, 6.07) is 0. The topological polar surface area (TPSA) is 17.1 Å². The van der Waals surface area contributed by atoms with Crippen LogP contribution < -0.4 is 0 Å². The Labute approximate surface area is 110 Å². The van der Waals surface area contributed by atoms with Crippen molar-refractivity contribution in [3.8, 4) is 0 Å². The molecule has 0 N–H and O–H groups in total. The number of hydrogen-bond acceptors (Lipinski definition) is 2. The van der Waals surface area contributed by atoms with Crippen molar-refractivity contribution in [2.75, 3.05) is 0 Å². The number of carbonyl (C=O) groups is 1. The van der Waals surface area contributed by atoms with Crippen molar-refractivity contribution in [3.05, 3.63) is 0 Å².